The van der Waals surface area contributed by atoms with Crippen molar-refractivity contribution in [2.45, 2.75) is 58.5 Å². The average molecular weight is 581 g/mol. The smallest absolute Gasteiger partial charge is 0.336 e. The number of carbonyl (C=O) groups is 2. The molecule has 0 aliphatic carbocycles. The first-order chi connectivity index (χ1) is 20.2. The second-order valence-electron chi connectivity index (χ2n) is 10.6. The van der Waals surface area contributed by atoms with Gasteiger partial charge in [0.05, 0.1) is 37.9 Å². The van der Waals surface area contributed by atoms with Crippen LogP contribution in [-0.4, -0.2) is 63.7 Å². The molecule has 0 amide bonds. The van der Waals surface area contributed by atoms with Crippen molar-refractivity contribution < 1.29 is 33.6 Å². The highest BCUT2D eigenvalue weighted by molar-refractivity contribution is 6.00. The Labute approximate surface area is 248 Å². The SMILES string of the molecule is COC(=O)C1=C(C)NC(C)=C(C(=O)OC)C1c1cc(C(C)C)ccc1OCCCCNCC(O)COc1ccccc1. The molecule has 0 bridgehead atoms. The predicted octanol–water partition coefficient (Wildman–Crippen LogP) is 4.58. The molecule has 0 saturated carbocycles. The minimum Gasteiger partial charge on any atom is -0.493 e. The van der Waals surface area contributed by atoms with Gasteiger partial charge in [-0.1, -0.05) is 44.2 Å². The van der Waals surface area contributed by atoms with E-state index in [1.807, 2.05) is 48.5 Å². The maximum absolute atomic E-state index is 13.0. The van der Waals surface area contributed by atoms with Crippen LogP contribution in [0.3, 0.4) is 0 Å². The number of hydrogen-bond acceptors (Lipinski definition) is 9. The van der Waals surface area contributed by atoms with Gasteiger partial charge < -0.3 is 34.7 Å². The fourth-order valence-corrected chi connectivity index (χ4v) is 4.92. The van der Waals surface area contributed by atoms with E-state index in [-0.39, 0.29) is 12.5 Å². The van der Waals surface area contributed by atoms with Gasteiger partial charge in [0.25, 0.3) is 0 Å². The van der Waals surface area contributed by atoms with Gasteiger partial charge in [-0.15, -0.1) is 0 Å². The number of methoxy groups -OCH3 is 2. The molecule has 1 unspecified atom stereocenters. The zero-order valence-electron chi connectivity index (χ0n) is 25.5. The van der Waals surface area contributed by atoms with Crippen LogP contribution in [0.15, 0.2) is 71.1 Å². The molecular weight excluding hydrogens is 536 g/mol. The number of unbranched alkanes of at least 4 members (excludes halogenated alkanes) is 1. The van der Waals surface area contributed by atoms with E-state index in [0.717, 1.165) is 24.2 Å². The number of benzene rings is 2. The summed E-state index contributed by atoms with van der Waals surface area (Å²) >= 11 is 0. The Kier molecular flexibility index (Phi) is 12.4. The summed E-state index contributed by atoms with van der Waals surface area (Å²) in [6.45, 7) is 9.55. The second-order valence-corrected chi connectivity index (χ2v) is 10.6. The van der Waals surface area contributed by atoms with Crippen LogP contribution in [0.4, 0.5) is 0 Å². The number of para-hydroxylation sites is 1. The van der Waals surface area contributed by atoms with Crippen LogP contribution in [-0.2, 0) is 19.1 Å². The fourth-order valence-electron chi connectivity index (χ4n) is 4.92. The number of nitrogens with one attached hydrogen (secondary N) is 2. The first kappa shape index (κ1) is 32.7. The van der Waals surface area contributed by atoms with E-state index in [1.54, 1.807) is 13.8 Å². The molecule has 228 valence electrons. The minimum atomic E-state index is -0.721. The van der Waals surface area contributed by atoms with Crippen LogP contribution in [0, 0.1) is 0 Å². The second kappa shape index (κ2) is 16.0. The number of esters is 2. The van der Waals surface area contributed by atoms with Crippen LogP contribution >= 0.6 is 0 Å². The van der Waals surface area contributed by atoms with Gasteiger partial charge in [-0.05, 0) is 62.9 Å². The van der Waals surface area contributed by atoms with E-state index in [2.05, 4.69) is 24.5 Å². The highest BCUT2D eigenvalue weighted by atomic mass is 16.5. The molecule has 42 heavy (non-hydrogen) atoms. The quantitative estimate of drug-likeness (QED) is 0.206. The Morgan fingerprint density at radius 3 is 2.17 bits per heavy atom. The largest absolute Gasteiger partial charge is 0.493 e. The van der Waals surface area contributed by atoms with E-state index in [1.165, 1.54) is 14.2 Å². The van der Waals surface area contributed by atoms with Crippen LogP contribution in [0.1, 0.15) is 63.5 Å². The fraction of sp³-hybridized carbons (Fsp3) is 0.455. The van der Waals surface area contributed by atoms with Crippen molar-refractivity contribution in [1.82, 2.24) is 10.6 Å². The van der Waals surface area contributed by atoms with Gasteiger partial charge in [0.2, 0.25) is 0 Å². The summed E-state index contributed by atoms with van der Waals surface area (Å²) in [5, 5.41) is 16.6. The highest BCUT2D eigenvalue weighted by Gasteiger charge is 2.39. The van der Waals surface area contributed by atoms with Gasteiger partial charge >= 0.3 is 11.9 Å². The lowest BCUT2D eigenvalue weighted by Crippen LogP contribution is -2.32. The van der Waals surface area contributed by atoms with Crippen molar-refractivity contribution in [2.75, 3.05) is 40.5 Å². The summed E-state index contributed by atoms with van der Waals surface area (Å²) in [7, 11) is 2.65. The lowest BCUT2D eigenvalue weighted by atomic mass is 9.79. The molecule has 9 heteroatoms. The predicted molar refractivity (Wildman–Crippen MR) is 161 cm³/mol. The molecule has 0 radical (unpaired) electrons. The van der Waals surface area contributed by atoms with Gasteiger partial charge in [-0.25, -0.2) is 9.59 Å². The maximum atomic E-state index is 13.0. The summed E-state index contributed by atoms with van der Waals surface area (Å²) in [5.41, 5.74) is 3.67. The molecule has 2 aromatic carbocycles. The topological polar surface area (TPSA) is 115 Å². The molecule has 1 heterocycles. The molecule has 0 saturated heterocycles. The molecule has 0 aromatic heterocycles. The van der Waals surface area contributed by atoms with Crippen LogP contribution in [0.2, 0.25) is 0 Å². The first-order valence-electron chi connectivity index (χ1n) is 14.4. The maximum Gasteiger partial charge on any atom is 0.336 e. The Bertz CT molecular complexity index is 1230. The van der Waals surface area contributed by atoms with Gasteiger partial charge in [0.1, 0.15) is 24.2 Å². The molecule has 1 atom stereocenters. The van der Waals surface area contributed by atoms with Crippen LogP contribution in [0.5, 0.6) is 11.5 Å². The van der Waals surface area contributed by atoms with Crippen molar-refractivity contribution in [3.8, 4) is 11.5 Å². The molecular formula is C33H44N2O7. The summed E-state index contributed by atoms with van der Waals surface area (Å²) in [5.74, 6) is -0.230. The van der Waals surface area contributed by atoms with Crippen molar-refractivity contribution >= 4 is 11.9 Å². The third kappa shape index (κ3) is 8.59. The third-order valence-electron chi connectivity index (χ3n) is 7.15. The lowest BCUT2D eigenvalue weighted by molar-refractivity contribution is -0.137. The van der Waals surface area contributed by atoms with Gasteiger partial charge in [0.15, 0.2) is 0 Å². The number of hydrogen-bond donors (Lipinski definition) is 3. The van der Waals surface area contributed by atoms with Gasteiger partial charge in [-0.2, -0.15) is 0 Å². The highest BCUT2D eigenvalue weighted by Crippen LogP contribution is 2.43. The van der Waals surface area contributed by atoms with E-state index < -0.39 is 24.0 Å². The van der Waals surface area contributed by atoms with Crippen molar-refractivity contribution in [2.24, 2.45) is 0 Å². The molecule has 9 nitrogen and oxygen atoms in total. The standard InChI is InChI=1S/C33H44N2O7/c1-21(2)24-14-15-28(41-17-11-10-16-34-19-25(36)20-42-26-12-8-7-9-13-26)27(18-24)31-29(32(37)39-5)22(3)35-23(4)30(31)33(38)40-6/h7-9,12-15,18,21,25,31,34-36H,10-11,16-17,19-20H2,1-6H3. The van der Waals surface area contributed by atoms with Crippen molar-refractivity contribution in [1.29, 1.82) is 0 Å². The molecule has 3 N–H and O–H groups in total. The van der Waals surface area contributed by atoms with E-state index >= 15 is 0 Å². The number of allylic oxidation sites excluding steroid dienone is 2. The van der Waals surface area contributed by atoms with E-state index in [4.69, 9.17) is 18.9 Å². The van der Waals surface area contributed by atoms with Gasteiger partial charge in [-0.3, -0.25) is 0 Å². The Morgan fingerprint density at radius 1 is 0.929 bits per heavy atom. The number of aliphatic hydroxyl groups is 1. The molecule has 1 aliphatic rings. The summed E-state index contributed by atoms with van der Waals surface area (Å²) in [6, 6.07) is 15.3. The molecule has 0 spiro atoms. The third-order valence-corrected chi connectivity index (χ3v) is 7.15. The number of carbonyl (C=O) groups excluding carboxylic acids is 2. The molecule has 2 aromatic rings. The van der Waals surface area contributed by atoms with Crippen LogP contribution < -0.4 is 20.1 Å². The summed E-state index contributed by atoms with van der Waals surface area (Å²) in [4.78, 5) is 26.0. The van der Waals surface area contributed by atoms with Crippen LogP contribution in [0.25, 0.3) is 0 Å². The first-order valence-corrected chi connectivity index (χ1v) is 14.4. The summed E-state index contributed by atoms with van der Waals surface area (Å²) < 4.78 is 22.1. The zero-order chi connectivity index (χ0) is 30.6. The molecule has 3 rings (SSSR count). The molecule has 1 aliphatic heterocycles. The zero-order valence-corrected chi connectivity index (χ0v) is 25.5. The number of dihydropyridines is 1. The molecule has 0 fully saturated rings. The van der Waals surface area contributed by atoms with Gasteiger partial charge in [0, 0.05) is 23.5 Å². The minimum absolute atomic E-state index is 0.217. The van der Waals surface area contributed by atoms with Crippen molar-refractivity contribution in [3.63, 3.8) is 0 Å². The average Bonchev–Trinajstić information content (AvgIpc) is 2.99. The number of ether oxygens (including phenoxy) is 4. The number of aliphatic hydroxyl groups excluding tert-OH is 1. The number of rotatable bonds is 15. The Morgan fingerprint density at radius 2 is 1.57 bits per heavy atom. The summed E-state index contributed by atoms with van der Waals surface area (Å²) in [6.07, 6.45) is 0.978. The lowest BCUT2D eigenvalue weighted by Gasteiger charge is -2.31. The van der Waals surface area contributed by atoms with Crippen molar-refractivity contribution in [3.05, 3.63) is 82.2 Å². The Balaban J connectivity index is 1.68. The van der Waals surface area contributed by atoms with E-state index in [0.29, 0.717) is 53.5 Å². The normalized spacial score (nSPS) is 14.5. The monoisotopic (exact) mass is 580 g/mol. The van der Waals surface area contributed by atoms with E-state index in [9.17, 15) is 14.7 Å². The Hall–Kier alpha value is -3.82.